The molecule has 0 aliphatic rings. The van der Waals surface area contributed by atoms with Crippen molar-refractivity contribution >= 4 is 16.9 Å². The van der Waals surface area contributed by atoms with E-state index in [1.54, 1.807) is 0 Å². The molecule has 1 atom stereocenters. The van der Waals surface area contributed by atoms with Crippen LogP contribution in [0.3, 0.4) is 0 Å². The Bertz CT molecular complexity index is 148. The molecule has 0 rings (SSSR count). The first kappa shape index (κ1) is 13.8. The van der Waals surface area contributed by atoms with E-state index >= 15 is 0 Å². The van der Waals surface area contributed by atoms with Crippen molar-refractivity contribution in [1.82, 2.24) is 0 Å². The zero-order valence-corrected chi connectivity index (χ0v) is 10.2. The third-order valence-electron chi connectivity index (χ3n) is 2.22. The fourth-order valence-corrected chi connectivity index (χ4v) is 2.67. The number of hydrogen-bond donors (Lipinski definition) is 1. The van der Waals surface area contributed by atoms with Crippen molar-refractivity contribution in [2.45, 2.75) is 45.4 Å². The van der Waals surface area contributed by atoms with Crippen LogP contribution in [0.25, 0.3) is 0 Å². The Kier molecular flexibility index (Phi) is 9.26. The van der Waals surface area contributed by atoms with Gasteiger partial charge in [0.2, 0.25) is 5.75 Å². The van der Waals surface area contributed by atoms with Crippen molar-refractivity contribution < 1.29 is 9.90 Å². The van der Waals surface area contributed by atoms with Gasteiger partial charge >= 0.3 is 5.97 Å². The number of carboxylic acid groups (broad SMARTS) is 1. The molecule has 0 aliphatic carbocycles. The fourth-order valence-electron chi connectivity index (χ4n) is 1.41. The van der Waals surface area contributed by atoms with E-state index in [0.29, 0.717) is 5.75 Å². The molecule has 3 heteroatoms. The Labute approximate surface area is 90.4 Å². The van der Waals surface area contributed by atoms with E-state index in [9.17, 15) is 4.79 Å². The third kappa shape index (κ3) is 9.90. The number of carboxylic acids is 1. The Morgan fingerprint density at radius 3 is 2.29 bits per heavy atom. The highest BCUT2D eigenvalue weighted by Crippen LogP contribution is 2.06. The Morgan fingerprint density at radius 2 is 1.71 bits per heavy atom. The topological polar surface area (TPSA) is 37.3 Å². The number of aliphatic carboxylic acids is 1. The van der Waals surface area contributed by atoms with E-state index in [1.807, 2.05) is 0 Å². The molecule has 0 aromatic heterocycles. The van der Waals surface area contributed by atoms with Gasteiger partial charge in [0.15, 0.2) is 0 Å². The molecule has 1 N–H and O–H groups in total. The molecule has 14 heavy (non-hydrogen) atoms. The van der Waals surface area contributed by atoms with Crippen LogP contribution in [0.5, 0.6) is 0 Å². The third-order valence-corrected chi connectivity index (χ3v) is 3.94. The molecule has 0 saturated carbocycles. The number of hydrogen-bond acceptors (Lipinski definition) is 1. The van der Waals surface area contributed by atoms with Gasteiger partial charge in [0.25, 0.3) is 0 Å². The average molecular weight is 219 g/mol. The van der Waals surface area contributed by atoms with Crippen LogP contribution >= 0.6 is 0 Å². The predicted octanol–water partition coefficient (Wildman–Crippen LogP) is 2.68. The molecule has 0 radical (unpaired) electrons. The summed E-state index contributed by atoms with van der Waals surface area (Å²) in [5, 5.41) is 8.56. The van der Waals surface area contributed by atoms with Gasteiger partial charge in [-0.05, 0) is 23.7 Å². The first-order valence-corrected chi connectivity index (χ1v) is 7.45. The molecule has 2 nitrogen and oxygen atoms in total. The summed E-state index contributed by atoms with van der Waals surface area (Å²) in [5.74, 6) is 0.801. The molecule has 0 bridgehead atoms. The quantitative estimate of drug-likeness (QED) is 0.478. The molecule has 0 heterocycles. The van der Waals surface area contributed by atoms with Crippen LogP contribution in [0.2, 0.25) is 0 Å². The highest BCUT2D eigenvalue weighted by Gasteiger charge is 2.14. The summed E-state index contributed by atoms with van der Waals surface area (Å²) in [5.41, 5.74) is 0. The Hall–Kier alpha value is -0.180. The maximum atomic E-state index is 10.4. The highest BCUT2D eigenvalue weighted by molar-refractivity contribution is 7.96. The monoisotopic (exact) mass is 219 g/mol. The minimum atomic E-state index is -0.651. The number of unbranched alkanes of at least 4 members (excludes halogenated alkanes) is 5. The standard InChI is InChI=1S/C11H22O2S/c1-3-4-5-6-7-8-9-14(2)10-11(12)13/h3-10H2,1-2H3/p+1. The molecule has 0 spiro atoms. The van der Waals surface area contributed by atoms with Gasteiger partial charge in [-0.25, -0.2) is 4.79 Å². The first-order chi connectivity index (χ1) is 6.66. The molecule has 1 unspecified atom stereocenters. The molecule has 0 aromatic rings. The summed E-state index contributed by atoms with van der Waals surface area (Å²) < 4.78 is 0. The van der Waals surface area contributed by atoms with Crippen LogP contribution in [0.1, 0.15) is 45.4 Å². The zero-order chi connectivity index (χ0) is 10.8. The van der Waals surface area contributed by atoms with Gasteiger partial charge in [0, 0.05) is 0 Å². The maximum Gasteiger partial charge on any atom is 0.353 e. The van der Waals surface area contributed by atoms with Gasteiger partial charge in [-0.3, -0.25) is 0 Å². The van der Waals surface area contributed by atoms with Crippen LogP contribution in [0.15, 0.2) is 0 Å². The lowest BCUT2D eigenvalue weighted by atomic mass is 10.1. The van der Waals surface area contributed by atoms with Crippen molar-refractivity contribution in [1.29, 1.82) is 0 Å². The first-order valence-electron chi connectivity index (χ1n) is 5.47. The molecule has 0 saturated heterocycles. The molecule has 0 amide bonds. The Balaban J connectivity index is 3.14. The minimum Gasteiger partial charge on any atom is -0.478 e. The lowest BCUT2D eigenvalue weighted by molar-refractivity contribution is -0.133. The largest absolute Gasteiger partial charge is 0.478 e. The molecule has 0 aliphatic heterocycles. The van der Waals surface area contributed by atoms with Crippen LogP contribution in [0, 0.1) is 0 Å². The van der Waals surface area contributed by atoms with E-state index in [0.717, 1.165) is 5.75 Å². The van der Waals surface area contributed by atoms with Crippen molar-refractivity contribution in [3.05, 3.63) is 0 Å². The van der Waals surface area contributed by atoms with Crippen molar-refractivity contribution in [2.75, 3.05) is 17.8 Å². The minimum absolute atomic E-state index is 0.0931. The van der Waals surface area contributed by atoms with Crippen LogP contribution < -0.4 is 0 Å². The SMILES string of the molecule is CCCCCCCC[S+](C)CC(=O)O. The van der Waals surface area contributed by atoms with Crippen molar-refractivity contribution in [2.24, 2.45) is 0 Å². The summed E-state index contributed by atoms with van der Waals surface area (Å²) in [6.45, 7) is 2.22. The van der Waals surface area contributed by atoms with Gasteiger partial charge in [0.1, 0.15) is 5.75 Å². The van der Waals surface area contributed by atoms with Crippen molar-refractivity contribution in [3.63, 3.8) is 0 Å². The number of carbonyl (C=O) groups is 1. The van der Waals surface area contributed by atoms with Crippen LogP contribution in [-0.2, 0) is 15.7 Å². The summed E-state index contributed by atoms with van der Waals surface area (Å²) in [6.07, 6.45) is 9.82. The summed E-state index contributed by atoms with van der Waals surface area (Å²) in [6, 6.07) is 0. The van der Waals surface area contributed by atoms with Crippen LogP contribution in [-0.4, -0.2) is 28.8 Å². The second kappa shape index (κ2) is 9.38. The second-order valence-corrected chi connectivity index (χ2v) is 6.05. The smallest absolute Gasteiger partial charge is 0.353 e. The lowest BCUT2D eigenvalue weighted by Gasteiger charge is -2.01. The molecular formula is C11H23O2S+. The summed E-state index contributed by atoms with van der Waals surface area (Å²) in [4.78, 5) is 10.4. The average Bonchev–Trinajstić information content (AvgIpc) is 2.10. The normalized spacial score (nSPS) is 12.7. The summed E-state index contributed by atoms with van der Waals surface area (Å²) in [7, 11) is 0.0931. The predicted molar refractivity (Wildman–Crippen MR) is 64.0 cm³/mol. The van der Waals surface area contributed by atoms with Gasteiger partial charge in [-0.2, -0.15) is 0 Å². The van der Waals surface area contributed by atoms with Crippen molar-refractivity contribution in [3.8, 4) is 0 Å². The Morgan fingerprint density at radius 1 is 1.14 bits per heavy atom. The number of rotatable bonds is 9. The molecule has 0 aromatic carbocycles. The van der Waals surface area contributed by atoms with E-state index in [2.05, 4.69) is 13.2 Å². The molecular weight excluding hydrogens is 196 g/mol. The van der Waals surface area contributed by atoms with E-state index in [4.69, 9.17) is 5.11 Å². The lowest BCUT2D eigenvalue weighted by Crippen LogP contribution is -2.17. The molecule has 0 fully saturated rings. The van der Waals surface area contributed by atoms with E-state index < -0.39 is 5.97 Å². The van der Waals surface area contributed by atoms with Gasteiger partial charge in [0.05, 0.1) is 6.26 Å². The van der Waals surface area contributed by atoms with Gasteiger partial charge in [-0.15, -0.1) is 0 Å². The zero-order valence-electron chi connectivity index (χ0n) is 9.42. The summed E-state index contributed by atoms with van der Waals surface area (Å²) >= 11 is 0. The van der Waals surface area contributed by atoms with Crippen LogP contribution in [0.4, 0.5) is 0 Å². The van der Waals surface area contributed by atoms with Gasteiger partial charge < -0.3 is 5.11 Å². The van der Waals surface area contributed by atoms with Gasteiger partial charge in [-0.1, -0.05) is 32.6 Å². The second-order valence-electron chi connectivity index (χ2n) is 3.79. The van der Waals surface area contributed by atoms with E-state index in [-0.39, 0.29) is 10.9 Å². The van der Waals surface area contributed by atoms with E-state index in [1.165, 1.54) is 38.5 Å². The fraction of sp³-hybridized carbons (Fsp3) is 0.909. The molecule has 84 valence electrons. The highest BCUT2D eigenvalue weighted by atomic mass is 32.2. The maximum absolute atomic E-state index is 10.4.